The predicted molar refractivity (Wildman–Crippen MR) is 88.8 cm³/mol. The summed E-state index contributed by atoms with van der Waals surface area (Å²) in [5.41, 5.74) is 10.5. The van der Waals surface area contributed by atoms with Crippen molar-refractivity contribution in [3.05, 3.63) is 0 Å². The van der Waals surface area contributed by atoms with E-state index in [1.165, 1.54) is 6.92 Å². The van der Waals surface area contributed by atoms with E-state index >= 15 is 0 Å². The Labute approximate surface area is 153 Å². The first-order chi connectivity index (χ1) is 12.4. The van der Waals surface area contributed by atoms with E-state index in [2.05, 4.69) is 16.0 Å². The Balaban J connectivity index is 4.65. The van der Waals surface area contributed by atoms with Crippen LogP contribution in [0.5, 0.6) is 0 Å². The van der Waals surface area contributed by atoms with Crippen LogP contribution in [0.4, 0.5) is 0 Å². The number of nitrogens with one attached hydrogen (secondary N) is 3. The summed E-state index contributed by atoms with van der Waals surface area (Å²) < 4.78 is 0. The van der Waals surface area contributed by atoms with Gasteiger partial charge in [0.2, 0.25) is 23.6 Å². The first-order valence-corrected chi connectivity index (χ1v) is 7.80. The van der Waals surface area contributed by atoms with Crippen LogP contribution < -0.4 is 27.4 Å². The van der Waals surface area contributed by atoms with Gasteiger partial charge in [0.05, 0.1) is 19.0 Å². The van der Waals surface area contributed by atoms with E-state index < -0.39 is 66.7 Å². The Kier molecular flexibility index (Phi) is 10.0. The first-order valence-electron chi connectivity index (χ1n) is 7.80. The number of primary amides is 1. The summed E-state index contributed by atoms with van der Waals surface area (Å²) >= 11 is 0. The highest BCUT2D eigenvalue weighted by Crippen LogP contribution is 1.96. The minimum Gasteiger partial charge on any atom is -0.481 e. The van der Waals surface area contributed by atoms with Crippen LogP contribution in [0, 0.1) is 0 Å². The maximum Gasteiger partial charge on any atom is 0.325 e. The van der Waals surface area contributed by atoms with Gasteiger partial charge in [-0.1, -0.05) is 0 Å². The smallest absolute Gasteiger partial charge is 0.325 e. The van der Waals surface area contributed by atoms with E-state index in [0.717, 1.165) is 0 Å². The number of carbonyl (C=O) groups is 6. The summed E-state index contributed by atoms with van der Waals surface area (Å²) in [6.45, 7) is 0.582. The lowest BCUT2D eigenvalue weighted by Gasteiger charge is -2.19. The normalized spacial score (nSPS) is 13.6. The predicted octanol–water partition coefficient (Wildman–Crippen LogP) is -3.76. The van der Waals surface area contributed by atoms with Crippen molar-refractivity contribution in [3.8, 4) is 0 Å². The Bertz CT molecular complexity index is 608. The van der Waals surface area contributed by atoms with Crippen LogP contribution in [0.15, 0.2) is 0 Å². The zero-order valence-corrected chi connectivity index (χ0v) is 14.6. The molecule has 13 nitrogen and oxygen atoms in total. The molecule has 0 bridgehead atoms. The van der Waals surface area contributed by atoms with Gasteiger partial charge in [0, 0.05) is 6.42 Å². The average Bonchev–Trinajstić information content (AvgIpc) is 2.56. The van der Waals surface area contributed by atoms with E-state index in [9.17, 15) is 28.8 Å². The van der Waals surface area contributed by atoms with Crippen molar-refractivity contribution in [2.75, 3.05) is 6.54 Å². The third-order valence-corrected chi connectivity index (χ3v) is 3.22. The van der Waals surface area contributed by atoms with E-state index in [-0.39, 0.29) is 12.8 Å². The fourth-order valence-electron chi connectivity index (χ4n) is 1.74. The van der Waals surface area contributed by atoms with Crippen molar-refractivity contribution in [1.82, 2.24) is 16.0 Å². The third kappa shape index (κ3) is 10.4. The van der Waals surface area contributed by atoms with Crippen LogP contribution in [0.3, 0.4) is 0 Å². The van der Waals surface area contributed by atoms with Crippen molar-refractivity contribution in [2.45, 2.75) is 44.3 Å². The number of nitrogens with two attached hydrogens (primary N) is 2. The number of carboxylic acids is 2. The van der Waals surface area contributed by atoms with Gasteiger partial charge < -0.3 is 37.6 Å². The van der Waals surface area contributed by atoms with Gasteiger partial charge in [0.25, 0.3) is 0 Å². The van der Waals surface area contributed by atoms with Crippen LogP contribution in [0.25, 0.3) is 0 Å². The van der Waals surface area contributed by atoms with Gasteiger partial charge in [-0.25, -0.2) is 0 Å². The van der Waals surface area contributed by atoms with Gasteiger partial charge in [-0.15, -0.1) is 0 Å². The highest BCUT2D eigenvalue weighted by Gasteiger charge is 2.26. The minimum atomic E-state index is -1.44. The zero-order chi connectivity index (χ0) is 21.1. The van der Waals surface area contributed by atoms with Crippen LogP contribution in [0.2, 0.25) is 0 Å². The van der Waals surface area contributed by atoms with E-state index in [1.807, 2.05) is 0 Å². The number of carbonyl (C=O) groups excluding carboxylic acids is 4. The van der Waals surface area contributed by atoms with E-state index in [0.29, 0.717) is 0 Å². The second kappa shape index (κ2) is 11.4. The number of hydrogen-bond donors (Lipinski definition) is 7. The highest BCUT2D eigenvalue weighted by molar-refractivity contribution is 5.94. The molecule has 152 valence electrons. The number of carboxylic acid groups (broad SMARTS) is 2. The molecule has 0 aromatic heterocycles. The van der Waals surface area contributed by atoms with E-state index in [1.54, 1.807) is 0 Å². The van der Waals surface area contributed by atoms with Crippen LogP contribution in [-0.4, -0.2) is 70.5 Å². The number of hydrogen-bond acceptors (Lipinski definition) is 7. The maximum atomic E-state index is 12.0. The Morgan fingerprint density at radius 2 is 1.59 bits per heavy atom. The molecular weight excluding hydrogens is 366 g/mol. The van der Waals surface area contributed by atoms with Gasteiger partial charge in [-0.05, 0) is 13.3 Å². The average molecular weight is 389 g/mol. The largest absolute Gasteiger partial charge is 0.481 e. The molecule has 4 amide bonds. The molecule has 0 aliphatic heterocycles. The molecule has 0 aliphatic rings. The number of rotatable bonds is 12. The fraction of sp³-hybridized carbons (Fsp3) is 0.571. The standard InChI is InChI=1S/C14H23N5O8/c1-6(14(26)27)18-13(25)8(4-9(16)20)19-10(21)5-17-12(24)7(15)2-3-11(22)23/h6-8H,2-5,15H2,1H3,(H2,16,20)(H,17,24)(H,18,25)(H,19,21)(H,22,23)(H,26,27). The van der Waals surface area contributed by atoms with Crippen molar-refractivity contribution < 1.29 is 39.0 Å². The molecule has 0 heterocycles. The molecule has 0 rings (SSSR count). The second-order valence-corrected chi connectivity index (χ2v) is 5.62. The minimum absolute atomic E-state index is 0.136. The van der Waals surface area contributed by atoms with Gasteiger partial charge in [-0.2, -0.15) is 0 Å². The quantitative estimate of drug-likeness (QED) is 0.173. The maximum absolute atomic E-state index is 12.0. The molecule has 3 atom stereocenters. The van der Waals surface area contributed by atoms with Crippen LogP contribution >= 0.6 is 0 Å². The fourth-order valence-corrected chi connectivity index (χ4v) is 1.74. The van der Waals surface area contributed by atoms with E-state index in [4.69, 9.17) is 21.7 Å². The molecule has 0 radical (unpaired) electrons. The molecule has 0 spiro atoms. The van der Waals surface area contributed by atoms with Crippen LogP contribution in [0.1, 0.15) is 26.2 Å². The van der Waals surface area contributed by atoms with Gasteiger partial charge in [0.1, 0.15) is 12.1 Å². The molecule has 9 N–H and O–H groups in total. The van der Waals surface area contributed by atoms with Crippen molar-refractivity contribution in [1.29, 1.82) is 0 Å². The Hall–Kier alpha value is -3.22. The third-order valence-electron chi connectivity index (χ3n) is 3.22. The Morgan fingerprint density at radius 1 is 1.00 bits per heavy atom. The van der Waals surface area contributed by atoms with Crippen molar-refractivity contribution in [3.63, 3.8) is 0 Å². The lowest BCUT2D eigenvalue weighted by Crippen LogP contribution is -2.54. The first kappa shape index (κ1) is 23.8. The van der Waals surface area contributed by atoms with Gasteiger partial charge in [0.15, 0.2) is 0 Å². The number of aliphatic carboxylic acids is 2. The summed E-state index contributed by atoms with van der Waals surface area (Å²) in [6.07, 6.45) is -1.05. The molecule has 13 heteroatoms. The number of amides is 4. The molecule has 0 aromatic carbocycles. The lowest BCUT2D eigenvalue weighted by atomic mass is 10.1. The summed E-state index contributed by atoms with van der Waals surface area (Å²) in [7, 11) is 0. The summed E-state index contributed by atoms with van der Waals surface area (Å²) in [5, 5.41) is 23.7. The molecule has 0 saturated heterocycles. The molecule has 0 aromatic rings. The zero-order valence-electron chi connectivity index (χ0n) is 14.6. The van der Waals surface area contributed by atoms with Gasteiger partial charge >= 0.3 is 11.9 Å². The van der Waals surface area contributed by atoms with Crippen LogP contribution in [-0.2, 0) is 28.8 Å². The van der Waals surface area contributed by atoms with Crippen molar-refractivity contribution >= 4 is 35.6 Å². The Morgan fingerprint density at radius 3 is 2.07 bits per heavy atom. The topological polar surface area (TPSA) is 231 Å². The molecule has 0 aliphatic carbocycles. The monoisotopic (exact) mass is 389 g/mol. The molecule has 0 fully saturated rings. The van der Waals surface area contributed by atoms with Crippen molar-refractivity contribution in [2.24, 2.45) is 11.5 Å². The second-order valence-electron chi connectivity index (χ2n) is 5.62. The lowest BCUT2D eigenvalue weighted by molar-refractivity contribution is -0.142. The summed E-state index contributed by atoms with van der Waals surface area (Å²) in [4.78, 5) is 67.7. The summed E-state index contributed by atoms with van der Waals surface area (Å²) in [6, 6.07) is -3.85. The molecule has 0 saturated carbocycles. The molecule has 27 heavy (non-hydrogen) atoms. The molecule has 3 unspecified atom stereocenters. The highest BCUT2D eigenvalue weighted by atomic mass is 16.4. The summed E-state index contributed by atoms with van der Waals surface area (Å²) in [5.74, 6) is -5.96. The molecular formula is C14H23N5O8. The van der Waals surface area contributed by atoms with Gasteiger partial charge in [-0.3, -0.25) is 28.8 Å². The SMILES string of the molecule is CC(NC(=O)C(CC(N)=O)NC(=O)CNC(=O)C(N)CCC(=O)O)C(=O)O.